The summed E-state index contributed by atoms with van der Waals surface area (Å²) in [6.07, 6.45) is 3.20. The molecule has 0 radical (unpaired) electrons. The molecule has 0 atom stereocenters. The van der Waals surface area contributed by atoms with Crippen LogP contribution in [0, 0.1) is 0 Å². The first-order valence-electron chi connectivity index (χ1n) is 3.33. The fourth-order valence-corrected chi connectivity index (χ4v) is 1.45. The van der Waals surface area contributed by atoms with Crippen molar-refractivity contribution >= 4 is 34.0 Å². The minimum Gasteiger partial charge on any atom is -0.158 e. The average Bonchev–Trinajstić information content (AvgIpc) is 2.12. The van der Waals surface area contributed by atoms with Gasteiger partial charge in [-0.05, 0) is 12.1 Å². The molecule has 12 heavy (non-hydrogen) atoms. The standard InChI is InChI=1S/C8H4Cl2N2/c9-7-1-2-8(10)6-4-12-11-3-5(6)7/h1-4H. The van der Waals surface area contributed by atoms with Crippen LogP contribution in [0.15, 0.2) is 24.5 Å². The summed E-state index contributed by atoms with van der Waals surface area (Å²) in [5.74, 6) is 0. The minimum absolute atomic E-state index is 0.643. The Bertz CT molecular complexity index is 388. The van der Waals surface area contributed by atoms with Gasteiger partial charge in [0, 0.05) is 10.8 Å². The molecule has 0 N–H and O–H groups in total. The minimum atomic E-state index is 0.643. The SMILES string of the molecule is Clc1ccc(Cl)c2cnncc12. The van der Waals surface area contributed by atoms with Crippen molar-refractivity contribution in [2.24, 2.45) is 0 Å². The number of aromatic nitrogens is 2. The monoisotopic (exact) mass is 198 g/mol. The largest absolute Gasteiger partial charge is 0.158 e. The molecule has 0 aliphatic carbocycles. The lowest BCUT2D eigenvalue weighted by molar-refractivity contribution is 1.05. The Hall–Kier alpha value is -0.860. The van der Waals surface area contributed by atoms with Gasteiger partial charge in [-0.15, -0.1) is 0 Å². The van der Waals surface area contributed by atoms with E-state index in [4.69, 9.17) is 23.2 Å². The van der Waals surface area contributed by atoms with Gasteiger partial charge < -0.3 is 0 Å². The van der Waals surface area contributed by atoms with Crippen molar-refractivity contribution in [3.8, 4) is 0 Å². The van der Waals surface area contributed by atoms with Crippen LogP contribution in [0.5, 0.6) is 0 Å². The topological polar surface area (TPSA) is 25.8 Å². The fraction of sp³-hybridized carbons (Fsp3) is 0. The van der Waals surface area contributed by atoms with Crippen LogP contribution >= 0.6 is 23.2 Å². The second kappa shape index (κ2) is 2.88. The van der Waals surface area contributed by atoms with Gasteiger partial charge in [0.15, 0.2) is 0 Å². The third-order valence-electron chi connectivity index (χ3n) is 1.62. The van der Waals surface area contributed by atoms with E-state index < -0.39 is 0 Å². The molecule has 1 aromatic carbocycles. The zero-order valence-electron chi connectivity index (χ0n) is 5.96. The molecule has 0 fully saturated rings. The van der Waals surface area contributed by atoms with Gasteiger partial charge in [-0.1, -0.05) is 23.2 Å². The molecular formula is C8H4Cl2N2. The molecular weight excluding hydrogens is 195 g/mol. The van der Waals surface area contributed by atoms with Crippen LogP contribution in [-0.2, 0) is 0 Å². The molecule has 4 heteroatoms. The van der Waals surface area contributed by atoms with Crippen molar-refractivity contribution in [1.82, 2.24) is 10.2 Å². The van der Waals surface area contributed by atoms with Crippen molar-refractivity contribution in [3.63, 3.8) is 0 Å². The van der Waals surface area contributed by atoms with E-state index in [-0.39, 0.29) is 0 Å². The van der Waals surface area contributed by atoms with E-state index in [2.05, 4.69) is 10.2 Å². The van der Waals surface area contributed by atoms with Gasteiger partial charge in [0.1, 0.15) is 0 Å². The summed E-state index contributed by atoms with van der Waals surface area (Å²) in [6, 6.07) is 3.49. The van der Waals surface area contributed by atoms with Gasteiger partial charge in [0.2, 0.25) is 0 Å². The summed E-state index contributed by atoms with van der Waals surface area (Å²) in [5.41, 5.74) is 0. The van der Waals surface area contributed by atoms with Gasteiger partial charge in [-0.2, -0.15) is 10.2 Å². The van der Waals surface area contributed by atoms with Gasteiger partial charge in [0.25, 0.3) is 0 Å². The lowest BCUT2D eigenvalue weighted by Crippen LogP contribution is -1.81. The molecule has 0 spiro atoms. The molecule has 0 bridgehead atoms. The summed E-state index contributed by atoms with van der Waals surface area (Å²) < 4.78 is 0. The van der Waals surface area contributed by atoms with Crippen molar-refractivity contribution in [2.75, 3.05) is 0 Å². The lowest BCUT2D eigenvalue weighted by atomic mass is 10.2. The molecule has 0 aliphatic heterocycles. The summed E-state index contributed by atoms with van der Waals surface area (Å²) >= 11 is 11.8. The van der Waals surface area contributed by atoms with E-state index in [9.17, 15) is 0 Å². The molecule has 1 heterocycles. The summed E-state index contributed by atoms with van der Waals surface area (Å²) in [5, 5.41) is 10.4. The maximum atomic E-state index is 5.90. The second-order valence-corrected chi connectivity index (χ2v) is 3.16. The van der Waals surface area contributed by atoms with E-state index in [1.165, 1.54) is 0 Å². The predicted molar refractivity (Wildman–Crippen MR) is 49.6 cm³/mol. The van der Waals surface area contributed by atoms with Gasteiger partial charge in [-0.25, -0.2) is 0 Å². The number of hydrogen-bond donors (Lipinski definition) is 0. The van der Waals surface area contributed by atoms with Crippen molar-refractivity contribution < 1.29 is 0 Å². The van der Waals surface area contributed by atoms with Crippen LogP contribution < -0.4 is 0 Å². The molecule has 0 unspecified atom stereocenters. The fourth-order valence-electron chi connectivity index (χ4n) is 1.03. The Morgan fingerprint density at radius 2 is 1.25 bits per heavy atom. The highest BCUT2D eigenvalue weighted by atomic mass is 35.5. The predicted octanol–water partition coefficient (Wildman–Crippen LogP) is 2.94. The Labute approximate surface area is 79.1 Å². The third kappa shape index (κ3) is 1.13. The summed E-state index contributed by atoms with van der Waals surface area (Å²) in [6.45, 7) is 0. The molecule has 2 rings (SSSR count). The first-order chi connectivity index (χ1) is 5.79. The maximum absolute atomic E-state index is 5.90. The van der Waals surface area contributed by atoms with Crippen molar-refractivity contribution in [2.45, 2.75) is 0 Å². The number of rotatable bonds is 0. The Kier molecular flexibility index (Phi) is 1.87. The molecule has 60 valence electrons. The quantitative estimate of drug-likeness (QED) is 0.651. The van der Waals surface area contributed by atoms with Crippen LogP contribution in [0.2, 0.25) is 10.0 Å². The second-order valence-electron chi connectivity index (χ2n) is 2.35. The highest BCUT2D eigenvalue weighted by Crippen LogP contribution is 2.27. The molecule has 2 aromatic rings. The molecule has 0 saturated heterocycles. The number of nitrogens with zero attached hydrogens (tertiary/aromatic N) is 2. The molecule has 0 amide bonds. The highest BCUT2D eigenvalue weighted by Gasteiger charge is 2.02. The number of fused-ring (bicyclic) bond motifs is 1. The average molecular weight is 199 g/mol. The normalized spacial score (nSPS) is 10.5. The van der Waals surface area contributed by atoms with Crippen LogP contribution in [0.25, 0.3) is 10.8 Å². The van der Waals surface area contributed by atoms with Gasteiger partial charge in [0.05, 0.1) is 22.4 Å². The van der Waals surface area contributed by atoms with Gasteiger partial charge >= 0.3 is 0 Å². The van der Waals surface area contributed by atoms with Crippen LogP contribution in [0.4, 0.5) is 0 Å². The zero-order valence-corrected chi connectivity index (χ0v) is 7.47. The zero-order chi connectivity index (χ0) is 8.55. The first kappa shape index (κ1) is 7.77. The smallest absolute Gasteiger partial charge is 0.0590 e. The van der Waals surface area contributed by atoms with E-state index >= 15 is 0 Å². The van der Waals surface area contributed by atoms with E-state index in [1.807, 2.05) is 0 Å². The summed E-state index contributed by atoms with van der Waals surface area (Å²) in [4.78, 5) is 0. The summed E-state index contributed by atoms with van der Waals surface area (Å²) in [7, 11) is 0. The van der Waals surface area contributed by atoms with E-state index in [1.54, 1.807) is 24.5 Å². The Morgan fingerprint density at radius 3 is 1.67 bits per heavy atom. The molecule has 2 nitrogen and oxygen atoms in total. The molecule has 1 aromatic heterocycles. The number of halogens is 2. The van der Waals surface area contributed by atoms with Crippen molar-refractivity contribution in [1.29, 1.82) is 0 Å². The molecule has 0 saturated carbocycles. The lowest BCUT2D eigenvalue weighted by Gasteiger charge is -1.99. The highest BCUT2D eigenvalue weighted by molar-refractivity contribution is 6.40. The van der Waals surface area contributed by atoms with E-state index in [0.717, 1.165) is 10.8 Å². The third-order valence-corrected chi connectivity index (χ3v) is 2.28. The van der Waals surface area contributed by atoms with Crippen molar-refractivity contribution in [3.05, 3.63) is 34.6 Å². The van der Waals surface area contributed by atoms with Gasteiger partial charge in [-0.3, -0.25) is 0 Å². The Balaban J connectivity index is 2.95. The van der Waals surface area contributed by atoms with Crippen LogP contribution in [0.3, 0.4) is 0 Å². The number of hydrogen-bond acceptors (Lipinski definition) is 2. The number of benzene rings is 1. The van der Waals surface area contributed by atoms with E-state index in [0.29, 0.717) is 10.0 Å². The van der Waals surface area contributed by atoms with Crippen LogP contribution in [-0.4, -0.2) is 10.2 Å². The maximum Gasteiger partial charge on any atom is 0.0590 e. The molecule has 0 aliphatic rings. The Morgan fingerprint density at radius 1 is 0.833 bits per heavy atom. The van der Waals surface area contributed by atoms with Crippen LogP contribution in [0.1, 0.15) is 0 Å². The first-order valence-corrected chi connectivity index (χ1v) is 4.09.